The van der Waals surface area contributed by atoms with E-state index in [1.165, 1.54) is 7.11 Å². The van der Waals surface area contributed by atoms with E-state index in [1.807, 2.05) is 60.7 Å². The van der Waals surface area contributed by atoms with Crippen molar-refractivity contribution in [2.75, 3.05) is 13.7 Å². The molecule has 0 saturated carbocycles. The van der Waals surface area contributed by atoms with Crippen LogP contribution in [0.1, 0.15) is 44.7 Å². The predicted octanol–water partition coefficient (Wildman–Crippen LogP) is 2.34. The van der Waals surface area contributed by atoms with Crippen molar-refractivity contribution in [1.29, 1.82) is 0 Å². The standard InChI is InChI=1S/C31H39N5O6/c1-31(2,3)42-36-27(38)18-24(34-26(37)16-15-21-10-6-5-7-11-21)30(40)35-25(20-41-4)29(39)33-19-23-13-8-12-22-14-9-17-32-28(22)23/h5-14,17,24-25H,15-16,18-20H2,1-4H3,(H,33,39)(H,34,37)(H,35,40)(H,36,38)/t24-,25-/m0/s1. The number of hydroxylamine groups is 1. The maximum Gasteiger partial charge on any atom is 0.246 e. The Morgan fingerprint density at radius 2 is 1.60 bits per heavy atom. The fourth-order valence-electron chi connectivity index (χ4n) is 4.05. The first-order valence-corrected chi connectivity index (χ1v) is 13.8. The quantitative estimate of drug-likeness (QED) is 0.215. The Labute approximate surface area is 245 Å². The van der Waals surface area contributed by atoms with Gasteiger partial charge in [-0.25, -0.2) is 5.48 Å². The Kier molecular flexibility index (Phi) is 11.9. The van der Waals surface area contributed by atoms with Gasteiger partial charge in [-0.1, -0.05) is 54.6 Å². The van der Waals surface area contributed by atoms with Crippen LogP contribution >= 0.6 is 0 Å². The first-order valence-electron chi connectivity index (χ1n) is 13.8. The lowest BCUT2D eigenvalue weighted by Gasteiger charge is -2.24. The van der Waals surface area contributed by atoms with Crippen LogP contribution in [0.15, 0.2) is 66.9 Å². The smallest absolute Gasteiger partial charge is 0.246 e. The molecule has 11 nitrogen and oxygen atoms in total. The summed E-state index contributed by atoms with van der Waals surface area (Å²) < 4.78 is 5.18. The van der Waals surface area contributed by atoms with Crippen molar-refractivity contribution in [2.24, 2.45) is 0 Å². The molecule has 0 bridgehead atoms. The van der Waals surface area contributed by atoms with Gasteiger partial charge in [0.05, 0.1) is 24.1 Å². The molecule has 2 atom stereocenters. The number of ether oxygens (including phenoxy) is 1. The molecule has 4 amide bonds. The first kappa shape index (κ1) is 32.2. The maximum absolute atomic E-state index is 13.3. The summed E-state index contributed by atoms with van der Waals surface area (Å²) in [6.07, 6.45) is 1.84. The van der Waals surface area contributed by atoms with E-state index in [4.69, 9.17) is 9.57 Å². The summed E-state index contributed by atoms with van der Waals surface area (Å²) in [5.41, 5.74) is 4.18. The van der Waals surface area contributed by atoms with Gasteiger partial charge in [-0.15, -0.1) is 0 Å². The number of methoxy groups -OCH3 is 1. The number of aryl methyl sites for hydroxylation is 1. The molecular formula is C31H39N5O6. The number of para-hydroxylation sites is 1. The molecule has 0 unspecified atom stereocenters. The summed E-state index contributed by atoms with van der Waals surface area (Å²) in [5.74, 6) is -2.23. The Balaban J connectivity index is 1.67. The van der Waals surface area contributed by atoms with Gasteiger partial charge in [0.1, 0.15) is 12.1 Å². The van der Waals surface area contributed by atoms with Gasteiger partial charge in [-0.05, 0) is 44.4 Å². The van der Waals surface area contributed by atoms with E-state index in [2.05, 4.69) is 26.4 Å². The van der Waals surface area contributed by atoms with Crippen LogP contribution in [0.3, 0.4) is 0 Å². The van der Waals surface area contributed by atoms with Crippen LogP contribution in [-0.2, 0) is 41.7 Å². The van der Waals surface area contributed by atoms with Crippen molar-refractivity contribution in [3.63, 3.8) is 0 Å². The number of carbonyl (C=O) groups is 4. The minimum atomic E-state index is -1.26. The molecule has 0 saturated heterocycles. The highest BCUT2D eigenvalue weighted by molar-refractivity contribution is 5.95. The van der Waals surface area contributed by atoms with Gasteiger partial charge in [0.2, 0.25) is 23.6 Å². The second kappa shape index (κ2) is 15.6. The summed E-state index contributed by atoms with van der Waals surface area (Å²) in [7, 11) is 1.40. The SMILES string of the molecule is COC[C@H](NC(=O)[C@H](CC(=O)NOC(C)(C)C)NC(=O)CCc1ccccc1)C(=O)NCc1cccc2cccnc12. The van der Waals surface area contributed by atoms with E-state index in [9.17, 15) is 19.2 Å². The van der Waals surface area contributed by atoms with Crippen LogP contribution < -0.4 is 21.4 Å². The van der Waals surface area contributed by atoms with Crippen LogP contribution in [0.5, 0.6) is 0 Å². The van der Waals surface area contributed by atoms with Crippen LogP contribution in [0.4, 0.5) is 0 Å². The number of benzene rings is 2. The van der Waals surface area contributed by atoms with Crippen LogP contribution in [0.25, 0.3) is 10.9 Å². The third-order valence-electron chi connectivity index (χ3n) is 6.13. The number of fused-ring (bicyclic) bond motifs is 1. The molecule has 0 aliphatic carbocycles. The Hall–Kier alpha value is -4.35. The molecule has 0 spiro atoms. The Morgan fingerprint density at radius 1 is 0.857 bits per heavy atom. The van der Waals surface area contributed by atoms with E-state index in [1.54, 1.807) is 27.0 Å². The number of hydrogen-bond acceptors (Lipinski definition) is 7. The lowest BCUT2D eigenvalue weighted by atomic mass is 10.1. The van der Waals surface area contributed by atoms with E-state index >= 15 is 0 Å². The van der Waals surface area contributed by atoms with Gasteiger partial charge >= 0.3 is 0 Å². The molecule has 4 N–H and O–H groups in total. The topological polar surface area (TPSA) is 148 Å². The maximum atomic E-state index is 13.3. The molecule has 3 aromatic rings. The molecule has 0 aliphatic heterocycles. The third-order valence-corrected chi connectivity index (χ3v) is 6.13. The Morgan fingerprint density at radius 3 is 2.31 bits per heavy atom. The minimum absolute atomic E-state index is 0.106. The molecule has 11 heteroatoms. The molecule has 224 valence electrons. The molecule has 2 aromatic carbocycles. The zero-order chi connectivity index (χ0) is 30.5. The number of carbonyl (C=O) groups excluding carboxylic acids is 4. The van der Waals surface area contributed by atoms with Crippen molar-refractivity contribution in [3.8, 4) is 0 Å². The van der Waals surface area contributed by atoms with Crippen LogP contribution in [-0.4, -0.2) is 60.0 Å². The minimum Gasteiger partial charge on any atom is -0.382 e. The van der Waals surface area contributed by atoms with E-state index in [-0.39, 0.29) is 19.6 Å². The van der Waals surface area contributed by atoms with Crippen LogP contribution in [0, 0.1) is 0 Å². The number of amides is 4. The summed E-state index contributed by atoms with van der Waals surface area (Å²) in [6, 6.07) is 16.5. The molecule has 3 rings (SSSR count). The highest BCUT2D eigenvalue weighted by Gasteiger charge is 2.29. The monoisotopic (exact) mass is 577 g/mol. The second-order valence-electron chi connectivity index (χ2n) is 10.8. The fraction of sp³-hybridized carbons (Fsp3) is 0.387. The average molecular weight is 578 g/mol. The van der Waals surface area contributed by atoms with E-state index < -0.39 is 47.7 Å². The number of nitrogens with one attached hydrogen (secondary N) is 4. The second-order valence-corrected chi connectivity index (χ2v) is 10.8. The molecule has 0 fully saturated rings. The average Bonchev–Trinajstić information content (AvgIpc) is 2.97. The van der Waals surface area contributed by atoms with Gasteiger partial charge in [-0.3, -0.25) is 29.0 Å². The van der Waals surface area contributed by atoms with Gasteiger partial charge < -0.3 is 20.7 Å². The van der Waals surface area contributed by atoms with E-state index in [0.29, 0.717) is 6.42 Å². The molecule has 0 radical (unpaired) electrons. The van der Waals surface area contributed by atoms with E-state index in [0.717, 1.165) is 22.0 Å². The fourth-order valence-corrected chi connectivity index (χ4v) is 4.05. The van der Waals surface area contributed by atoms with Crippen molar-refractivity contribution in [2.45, 2.75) is 64.3 Å². The highest BCUT2D eigenvalue weighted by Crippen LogP contribution is 2.15. The first-order chi connectivity index (χ1) is 20.1. The van der Waals surface area contributed by atoms with Gasteiger partial charge in [0, 0.05) is 31.7 Å². The van der Waals surface area contributed by atoms with Gasteiger partial charge in [-0.2, -0.15) is 0 Å². The number of rotatable bonds is 14. The van der Waals surface area contributed by atoms with Crippen LogP contribution in [0.2, 0.25) is 0 Å². The zero-order valence-corrected chi connectivity index (χ0v) is 24.4. The molecule has 0 aliphatic rings. The van der Waals surface area contributed by atoms with Crippen molar-refractivity contribution < 1.29 is 28.8 Å². The third kappa shape index (κ3) is 10.6. The van der Waals surface area contributed by atoms with Gasteiger partial charge in [0.15, 0.2) is 0 Å². The lowest BCUT2D eigenvalue weighted by molar-refractivity contribution is -0.147. The largest absolute Gasteiger partial charge is 0.382 e. The number of pyridine rings is 1. The highest BCUT2D eigenvalue weighted by atomic mass is 16.7. The number of nitrogens with zero attached hydrogens (tertiary/aromatic N) is 1. The molecular weight excluding hydrogens is 538 g/mol. The van der Waals surface area contributed by atoms with Crippen molar-refractivity contribution in [3.05, 3.63) is 78.0 Å². The zero-order valence-electron chi connectivity index (χ0n) is 24.4. The Bertz CT molecular complexity index is 1350. The summed E-state index contributed by atoms with van der Waals surface area (Å²) in [5, 5.41) is 9.00. The molecule has 1 heterocycles. The van der Waals surface area contributed by atoms with Crippen molar-refractivity contribution >= 4 is 34.5 Å². The van der Waals surface area contributed by atoms with Crippen molar-refractivity contribution in [1.82, 2.24) is 26.4 Å². The number of hydrogen-bond donors (Lipinski definition) is 4. The predicted molar refractivity (Wildman–Crippen MR) is 158 cm³/mol. The number of aromatic nitrogens is 1. The summed E-state index contributed by atoms with van der Waals surface area (Å²) >= 11 is 0. The summed E-state index contributed by atoms with van der Waals surface area (Å²) in [6.45, 7) is 5.32. The normalized spacial score (nSPS) is 12.7. The summed E-state index contributed by atoms with van der Waals surface area (Å²) in [4.78, 5) is 61.5. The van der Waals surface area contributed by atoms with Gasteiger partial charge in [0.25, 0.3) is 0 Å². The molecule has 1 aromatic heterocycles. The lowest BCUT2D eigenvalue weighted by Crippen LogP contribution is -2.56. The molecule has 42 heavy (non-hydrogen) atoms.